The molecule has 0 saturated carbocycles. The van der Waals surface area contributed by atoms with Crippen LogP contribution in [0.2, 0.25) is 0 Å². The Morgan fingerprint density at radius 1 is 1.54 bits per heavy atom. The van der Waals surface area contributed by atoms with Crippen LogP contribution >= 0.6 is 0 Å². The van der Waals surface area contributed by atoms with Crippen molar-refractivity contribution in [3.05, 3.63) is 36.0 Å². The van der Waals surface area contributed by atoms with Gasteiger partial charge in [-0.25, -0.2) is 4.98 Å². The molecule has 2 rings (SSSR count). The van der Waals surface area contributed by atoms with E-state index in [4.69, 9.17) is 0 Å². The first kappa shape index (κ1) is 7.91. The zero-order valence-corrected chi connectivity index (χ0v) is 6.77. The van der Waals surface area contributed by atoms with Gasteiger partial charge >= 0.3 is 0 Å². The summed E-state index contributed by atoms with van der Waals surface area (Å²) in [6.07, 6.45) is 2.50. The number of rotatable bonds is 2. The predicted octanol–water partition coefficient (Wildman–Crippen LogP) is 1.21. The second-order valence-electron chi connectivity index (χ2n) is 2.68. The number of pyridine rings is 1. The third-order valence-corrected chi connectivity index (χ3v) is 1.78. The molecule has 13 heavy (non-hydrogen) atoms. The minimum absolute atomic E-state index is 0.223. The van der Waals surface area contributed by atoms with Crippen molar-refractivity contribution in [2.75, 3.05) is 0 Å². The van der Waals surface area contributed by atoms with Gasteiger partial charge in [-0.1, -0.05) is 6.07 Å². The number of halogens is 1. The van der Waals surface area contributed by atoms with Crippen LogP contribution < -0.4 is 0 Å². The molecule has 0 unspecified atom stereocenters. The fourth-order valence-corrected chi connectivity index (χ4v) is 1.21. The van der Waals surface area contributed by atoms with Crippen LogP contribution in [0.5, 0.6) is 0 Å². The van der Waals surface area contributed by atoms with Crippen LogP contribution in [0.25, 0.3) is 5.65 Å². The van der Waals surface area contributed by atoms with Crippen LogP contribution in [-0.2, 0) is 11.2 Å². The van der Waals surface area contributed by atoms with E-state index in [1.54, 1.807) is 12.1 Å². The maximum absolute atomic E-state index is 13.1. The van der Waals surface area contributed by atoms with Crippen molar-refractivity contribution in [2.45, 2.75) is 6.42 Å². The summed E-state index contributed by atoms with van der Waals surface area (Å²) in [5.74, 6) is -0.373. The number of hydrogen-bond donors (Lipinski definition) is 0. The molecule has 4 heteroatoms. The third kappa shape index (κ3) is 1.30. The Labute approximate surface area is 73.8 Å². The monoisotopic (exact) mass is 178 g/mol. The minimum Gasteiger partial charge on any atom is -0.303 e. The van der Waals surface area contributed by atoms with Gasteiger partial charge in [0.15, 0.2) is 5.95 Å². The zero-order valence-electron chi connectivity index (χ0n) is 6.77. The topological polar surface area (TPSA) is 34.4 Å². The SMILES string of the molecule is O=CCc1cn2c(F)cccc2n1. The molecule has 0 aromatic carbocycles. The molecule has 0 aliphatic rings. The van der Waals surface area contributed by atoms with Crippen molar-refractivity contribution >= 4 is 11.9 Å². The van der Waals surface area contributed by atoms with Gasteiger partial charge in [-0.05, 0) is 12.1 Å². The Morgan fingerprint density at radius 3 is 3.08 bits per heavy atom. The van der Waals surface area contributed by atoms with E-state index < -0.39 is 0 Å². The number of hydrogen-bond acceptors (Lipinski definition) is 2. The molecule has 0 fully saturated rings. The second kappa shape index (κ2) is 2.97. The maximum Gasteiger partial charge on any atom is 0.199 e. The molecule has 2 heterocycles. The lowest BCUT2D eigenvalue weighted by Gasteiger charge is -1.91. The quantitative estimate of drug-likeness (QED) is 0.511. The summed E-state index contributed by atoms with van der Waals surface area (Å²) in [6, 6.07) is 4.62. The second-order valence-corrected chi connectivity index (χ2v) is 2.68. The summed E-state index contributed by atoms with van der Waals surface area (Å²) in [5, 5.41) is 0. The lowest BCUT2D eigenvalue weighted by atomic mass is 10.4. The van der Waals surface area contributed by atoms with Crippen molar-refractivity contribution in [3.8, 4) is 0 Å². The average molecular weight is 178 g/mol. The van der Waals surface area contributed by atoms with Gasteiger partial charge in [-0.3, -0.25) is 4.40 Å². The molecule has 0 radical (unpaired) electrons. The first-order valence-electron chi connectivity index (χ1n) is 3.87. The summed E-state index contributed by atoms with van der Waals surface area (Å²) < 4.78 is 14.4. The Morgan fingerprint density at radius 2 is 2.38 bits per heavy atom. The van der Waals surface area contributed by atoms with Crippen LogP contribution in [0.1, 0.15) is 5.69 Å². The van der Waals surface area contributed by atoms with Crippen LogP contribution in [0, 0.1) is 5.95 Å². The Balaban J connectivity index is 2.61. The normalized spacial score (nSPS) is 10.5. The molecule has 0 bridgehead atoms. The summed E-state index contributed by atoms with van der Waals surface area (Å²) in [6.45, 7) is 0. The standard InChI is InChI=1S/C9H7FN2O/c10-8-2-1-3-9-11-7(4-5-13)6-12(8)9/h1-3,5-6H,4H2. The lowest BCUT2D eigenvalue weighted by molar-refractivity contribution is -0.107. The highest BCUT2D eigenvalue weighted by molar-refractivity contribution is 5.55. The van der Waals surface area contributed by atoms with Crippen molar-refractivity contribution in [3.63, 3.8) is 0 Å². The van der Waals surface area contributed by atoms with Gasteiger partial charge in [-0.2, -0.15) is 4.39 Å². The Hall–Kier alpha value is -1.71. The highest BCUT2D eigenvalue weighted by Crippen LogP contribution is 2.07. The smallest absolute Gasteiger partial charge is 0.199 e. The van der Waals surface area contributed by atoms with Crippen LogP contribution in [0.15, 0.2) is 24.4 Å². The average Bonchev–Trinajstić information content (AvgIpc) is 2.49. The van der Waals surface area contributed by atoms with Crippen molar-refractivity contribution in [1.82, 2.24) is 9.38 Å². The molecule has 2 aromatic rings. The van der Waals surface area contributed by atoms with Crippen LogP contribution in [0.4, 0.5) is 4.39 Å². The number of aromatic nitrogens is 2. The predicted molar refractivity (Wildman–Crippen MR) is 44.9 cm³/mol. The summed E-state index contributed by atoms with van der Waals surface area (Å²) in [4.78, 5) is 14.2. The summed E-state index contributed by atoms with van der Waals surface area (Å²) in [5.41, 5.74) is 1.11. The summed E-state index contributed by atoms with van der Waals surface area (Å²) >= 11 is 0. The Kier molecular flexibility index (Phi) is 1.81. The lowest BCUT2D eigenvalue weighted by Crippen LogP contribution is -1.88. The maximum atomic E-state index is 13.1. The largest absolute Gasteiger partial charge is 0.303 e. The molecule has 0 saturated heterocycles. The van der Waals surface area contributed by atoms with Crippen LogP contribution in [0.3, 0.4) is 0 Å². The summed E-state index contributed by atoms with van der Waals surface area (Å²) in [7, 11) is 0. The van der Waals surface area contributed by atoms with Gasteiger partial charge in [0.2, 0.25) is 0 Å². The van der Waals surface area contributed by atoms with E-state index in [1.807, 2.05) is 0 Å². The third-order valence-electron chi connectivity index (χ3n) is 1.78. The molecule has 0 amide bonds. The van der Waals surface area contributed by atoms with E-state index in [1.165, 1.54) is 16.7 Å². The van der Waals surface area contributed by atoms with Gasteiger partial charge in [0.05, 0.1) is 5.69 Å². The fourth-order valence-electron chi connectivity index (χ4n) is 1.21. The number of imidazole rings is 1. The zero-order chi connectivity index (χ0) is 9.26. The van der Waals surface area contributed by atoms with Gasteiger partial charge in [0.25, 0.3) is 0 Å². The first-order valence-corrected chi connectivity index (χ1v) is 3.87. The van der Waals surface area contributed by atoms with Crippen molar-refractivity contribution in [1.29, 1.82) is 0 Å². The van der Waals surface area contributed by atoms with Crippen molar-refractivity contribution in [2.24, 2.45) is 0 Å². The van der Waals surface area contributed by atoms with E-state index in [-0.39, 0.29) is 12.4 Å². The van der Waals surface area contributed by atoms with E-state index >= 15 is 0 Å². The van der Waals surface area contributed by atoms with E-state index in [0.29, 0.717) is 11.3 Å². The molecular formula is C9H7FN2O. The van der Waals surface area contributed by atoms with Gasteiger partial charge < -0.3 is 4.79 Å². The molecule has 0 atom stereocenters. The molecule has 3 nitrogen and oxygen atoms in total. The number of carbonyl (C=O) groups excluding carboxylic acids is 1. The molecule has 0 aliphatic carbocycles. The molecule has 2 aromatic heterocycles. The van der Waals surface area contributed by atoms with E-state index in [0.717, 1.165) is 6.29 Å². The molecule has 0 N–H and O–H groups in total. The number of nitrogens with zero attached hydrogens (tertiary/aromatic N) is 2. The molecule has 0 aliphatic heterocycles. The van der Waals surface area contributed by atoms with Gasteiger partial charge in [-0.15, -0.1) is 0 Å². The minimum atomic E-state index is -0.373. The van der Waals surface area contributed by atoms with Gasteiger partial charge in [0, 0.05) is 12.6 Å². The molecule has 66 valence electrons. The van der Waals surface area contributed by atoms with Crippen molar-refractivity contribution < 1.29 is 9.18 Å². The van der Waals surface area contributed by atoms with E-state index in [2.05, 4.69) is 4.98 Å². The van der Waals surface area contributed by atoms with E-state index in [9.17, 15) is 9.18 Å². The molecule has 0 spiro atoms. The Bertz CT molecular complexity index is 450. The van der Waals surface area contributed by atoms with Crippen LogP contribution in [-0.4, -0.2) is 15.7 Å². The first-order chi connectivity index (χ1) is 6.31. The number of aldehydes is 1. The van der Waals surface area contributed by atoms with Gasteiger partial charge in [0.1, 0.15) is 11.9 Å². The highest BCUT2D eigenvalue weighted by atomic mass is 19.1. The fraction of sp³-hybridized carbons (Fsp3) is 0.111. The molecular weight excluding hydrogens is 171 g/mol. The highest BCUT2D eigenvalue weighted by Gasteiger charge is 2.03. The number of carbonyl (C=O) groups is 1. The number of fused-ring (bicyclic) bond motifs is 1.